The molecule has 0 spiro atoms. The first kappa shape index (κ1) is 8.80. The Morgan fingerprint density at radius 2 is 2.25 bits per heavy atom. The van der Waals surface area contributed by atoms with E-state index in [1.807, 2.05) is 0 Å². The lowest BCUT2D eigenvalue weighted by Gasteiger charge is -1.96. The van der Waals surface area contributed by atoms with Gasteiger partial charge in [0, 0.05) is 17.8 Å². The molecule has 1 aromatic heterocycles. The van der Waals surface area contributed by atoms with Crippen LogP contribution >= 0.6 is 11.6 Å². The zero-order valence-electron chi connectivity index (χ0n) is 6.00. The van der Waals surface area contributed by atoms with Gasteiger partial charge in [-0.15, -0.1) is 0 Å². The van der Waals surface area contributed by atoms with Crippen LogP contribution in [0.15, 0.2) is 16.9 Å². The fourth-order valence-corrected chi connectivity index (χ4v) is 1.05. The highest BCUT2D eigenvalue weighted by Gasteiger charge is 2.02. The second-order valence-electron chi connectivity index (χ2n) is 2.26. The predicted octanol–water partition coefficient (Wildman–Crippen LogP) is 0.655. The summed E-state index contributed by atoms with van der Waals surface area (Å²) < 4.78 is 0. The minimum Gasteiger partial charge on any atom is -0.481 e. The molecule has 0 fully saturated rings. The average molecular weight is 188 g/mol. The number of aromatic nitrogens is 1. The smallest absolute Gasteiger partial charge is 0.309 e. The van der Waals surface area contributed by atoms with Crippen LogP contribution in [-0.2, 0) is 11.2 Å². The molecule has 1 aromatic rings. The summed E-state index contributed by atoms with van der Waals surface area (Å²) in [6.07, 6.45) is -0.226. The van der Waals surface area contributed by atoms with E-state index in [2.05, 4.69) is 4.98 Å². The Kier molecular flexibility index (Phi) is 2.50. The minimum atomic E-state index is -1.01. The van der Waals surface area contributed by atoms with Crippen molar-refractivity contribution in [3.8, 4) is 0 Å². The zero-order chi connectivity index (χ0) is 9.14. The van der Waals surface area contributed by atoms with E-state index in [0.29, 0.717) is 5.69 Å². The van der Waals surface area contributed by atoms with Crippen molar-refractivity contribution in [3.63, 3.8) is 0 Å². The van der Waals surface area contributed by atoms with Crippen LogP contribution in [0.2, 0.25) is 5.15 Å². The highest BCUT2D eigenvalue weighted by Crippen LogP contribution is 2.01. The fraction of sp³-hybridized carbons (Fsp3) is 0.143. The second kappa shape index (κ2) is 3.40. The Morgan fingerprint density at radius 3 is 2.75 bits per heavy atom. The van der Waals surface area contributed by atoms with Crippen LogP contribution in [0.1, 0.15) is 5.69 Å². The van der Waals surface area contributed by atoms with E-state index in [1.165, 1.54) is 12.1 Å². The van der Waals surface area contributed by atoms with Gasteiger partial charge < -0.3 is 10.1 Å². The number of hydrogen-bond acceptors (Lipinski definition) is 2. The lowest BCUT2D eigenvalue weighted by atomic mass is 10.3. The Balaban J connectivity index is 3.01. The van der Waals surface area contributed by atoms with Gasteiger partial charge in [-0.25, -0.2) is 0 Å². The van der Waals surface area contributed by atoms with E-state index in [9.17, 15) is 9.59 Å². The molecule has 0 amide bonds. The minimum absolute atomic E-state index is 0.152. The van der Waals surface area contributed by atoms with Crippen molar-refractivity contribution in [2.75, 3.05) is 0 Å². The van der Waals surface area contributed by atoms with Gasteiger partial charge in [-0.2, -0.15) is 0 Å². The van der Waals surface area contributed by atoms with Crippen molar-refractivity contribution in [1.82, 2.24) is 4.98 Å². The summed E-state index contributed by atoms with van der Waals surface area (Å²) in [4.78, 5) is 23.6. The molecule has 0 aromatic carbocycles. The van der Waals surface area contributed by atoms with Gasteiger partial charge in [0.2, 0.25) is 0 Å². The standard InChI is InChI=1S/C7H6ClNO3/c8-6-3-5(10)1-4(9-6)2-7(11)12/h1,3H,2H2,(H,9,10)(H,11,12). The molecule has 12 heavy (non-hydrogen) atoms. The van der Waals surface area contributed by atoms with E-state index < -0.39 is 5.97 Å². The number of pyridine rings is 1. The third kappa shape index (κ3) is 2.39. The number of carbonyl (C=O) groups is 1. The number of aromatic amines is 1. The van der Waals surface area contributed by atoms with Crippen LogP contribution in [0.25, 0.3) is 0 Å². The largest absolute Gasteiger partial charge is 0.481 e. The monoisotopic (exact) mass is 187 g/mol. The van der Waals surface area contributed by atoms with Crippen LogP contribution in [0, 0.1) is 0 Å². The molecular weight excluding hydrogens is 182 g/mol. The topological polar surface area (TPSA) is 70.2 Å². The second-order valence-corrected chi connectivity index (χ2v) is 2.67. The van der Waals surface area contributed by atoms with Gasteiger partial charge in [0.05, 0.1) is 6.42 Å². The van der Waals surface area contributed by atoms with E-state index in [1.54, 1.807) is 0 Å². The molecule has 5 heteroatoms. The van der Waals surface area contributed by atoms with Gasteiger partial charge >= 0.3 is 5.97 Å². The van der Waals surface area contributed by atoms with Crippen molar-refractivity contribution in [2.24, 2.45) is 0 Å². The van der Waals surface area contributed by atoms with Gasteiger partial charge in [0.15, 0.2) is 5.43 Å². The van der Waals surface area contributed by atoms with Crippen LogP contribution in [0.3, 0.4) is 0 Å². The molecule has 1 rings (SSSR count). The van der Waals surface area contributed by atoms with E-state index in [4.69, 9.17) is 16.7 Å². The van der Waals surface area contributed by atoms with Gasteiger partial charge in [0.1, 0.15) is 5.15 Å². The molecule has 0 bridgehead atoms. The van der Waals surface area contributed by atoms with Crippen molar-refractivity contribution in [1.29, 1.82) is 0 Å². The zero-order valence-corrected chi connectivity index (χ0v) is 6.76. The Labute approximate surface area is 72.8 Å². The number of hydrogen-bond donors (Lipinski definition) is 2. The van der Waals surface area contributed by atoms with Gasteiger partial charge in [0.25, 0.3) is 0 Å². The lowest BCUT2D eigenvalue weighted by molar-refractivity contribution is -0.136. The third-order valence-corrected chi connectivity index (χ3v) is 1.41. The molecule has 0 aliphatic heterocycles. The molecule has 0 atom stereocenters. The van der Waals surface area contributed by atoms with Crippen LogP contribution < -0.4 is 5.43 Å². The molecule has 1 heterocycles. The van der Waals surface area contributed by atoms with Crippen LogP contribution in [0.5, 0.6) is 0 Å². The number of carboxylic acid groups (broad SMARTS) is 1. The molecule has 64 valence electrons. The van der Waals surface area contributed by atoms with Crippen molar-refractivity contribution >= 4 is 17.6 Å². The average Bonchev–Trinajstić information content (AvgIpc) is 1.81. The fourth-order valence-electron chi connectivity index (χ4n) is 0.822. The molecule has 0 unspecified atom stereocenters. The molecule has 0 saturated heterocycles. The number of carboxylic acids is 1. The van der Waals surface area contributed by atoms with Crippen molar-refractivity contribution in [3.05, 3.63) is 33.2 Å². The summed E-state index contributed by atoms with van der Waals surface area (Å²) in [6.45, 7) is 0. The Hall–Kier alpha value is -1.29. The summed E-state index contributed by atoms with van der Waals surface area (Å²) in [5, 5.41) is 8.54. The molecule has 0 aliphatic carbocycles. The maximum atomic E-state index is 10.8. The first-order valence-corrected chi connectivity index (χ1v) is 3.56. The molecule has 4 nitrogen and oxygen atoms in total. The lowest BCUT2D eigenvalue weighted by Crippen LogP contribution is -2.07. The normalized spacial score (nSPS) is 9.75. The van der Waals surface area contributed by atoms with Crippen molar-refractivity contribution < 1.29 is 9.90 Å². The molecular formula is C7H6ClNO3. The summed E-state index contributed by atoms with van der Waals surface area (Å²) >= 11 is 5.49. The summed E-state index contributed by atoms with van der Waals surface area (Å²) in [7, 11) is 0. The van der Waals surface area contributed by atoms with E-state index >= 15 is 0 Å². The number of halogens is 1. The summed E-state index contributed by atoms with van der Waals surface area (Å²) in [5.74, 6) is -1.01. The van der Waals surface area contributed by atoms with E-state index in [0.717, 1.165) is 0 Å². The maximum absolute atomic E-state index is 10.8. The quantitative estimate of drug-likeness (QED) is 0.668. The summed E-state index contributed by atoms with van der Waals surface area (Å²) in [5.41, 5.74) is 0.00926. The number of rotatable bonds is 2. The summed E-state index contributed by atoms with van der Waals surface area (Å²) in [6, 6.07) is 2.40. The number of nitrogens with one attached hydrogen (secondary N) is 1. The predicted molar refractivity (Wildman–Crippen MR) is 43.4 cm³/mol. The van der Waals surface area contributed by atoms with Crippen molar-refractivity contribution in [2.45, 2.75) is 6.42 Å². The van der Waals surface area contributed by atoms with E-state index in [-0.39, 0.29) is 17.0 Å². The number of aliphatic carboxylic acids is 1. The molecule has 0 aliphatic rings. The maximum Gasteiger partial charge on any atom is 0.309 e. The molecule has 0 saturated carbocycles. The highest BCUT2D eigenvalue weighted by molar-refractivity contribution is 6.29. The number of H-pyrrole nitrogens is 1. The van der Waals surface area contributed by atoms with Gasteiger partial charge in [-0.1, -0.05) is 11.6 Å². The highest BCUT2D eigenvalue weighted by atomic mass is 35.5. The Morgan fingerprint density at radius 1 is 1.58 bits per heavy atom. The molecule has 0 radical (unpaired) electrons. The SMILES string of the molecule is O=C(O)Cc1cc(=O)cc(Cl)[nH]1. The van der Waals surface area contributed by atoms with Crippen LogP contribution in [0.4, 0.5) is 0 Å². The van der Waals surface area contributed by atoms with Gasteiger partial charge in [-0.05, 0) is 0 Å². The van der Waals surface area contributed by atoms with Gasteiger partial charge in [-0.3, -0.25) is 9.59 Å². The first-order valence-electron chi connectivity index (χ1n) is 3.18. The molecule has 2 N–H and O–H groups in total. The van der Waals surface area contributed by atoms with Crippen LogP contribution in [-0.4, -0.2) is 16.1 Å². The third-order valence-electron chi connectivity index (χ3n) is 1.21. The Bertz CT molecular complexity index is 358. The first-order chi connectivity index (χ1) is 5.58.